The number of rotatable bonds is 5. The van der Waals surface area contributed by atoms with E-state index in [0.29, 0.717) is 17.3 Å². The molecule has 3 N–H and O–H groups in total. The highest BCUT2D eigenvalue weighted by Crippen LogP contribution is 2.32. The lowest BCUT2D eigenvalue weighted by molar-refractivity contribution is 0.636. The molecule has 144 valence electrons. The third-order valence-electron chi connectivity index (χ3n) is 5.54. The van der Waals surface area contributed by atoms with Crippen molar-refractivity contribution < 1.29 is 0 Å². The van der Waals surface area contributed by atoms with Gasteiger partial charge in [-0.3, -0.25) is 0 Å². The number of hydrogen-bond donors (Lipinski definition) is 2. The molecule has 2 nitrogen and oxygen atoms in total. The molecule has 0 saturated carbocycles. The Labute approximate surface area is 172 Å². The van der Waals surface area contributed by atoms with Crippen LogP contribution in [0.2, 0.25) is 0 Å². The Balaban J connectivity index is 1.56. The molecular formula is C27H26N2. The summed E-state index contributed by atoms with van der Waals surface area (Å²) in [7, 11) is 0. The minimum Gasteiger partial charge on any atom is -0.398 e. The fourth-order valence-electron chi connectivity index (χ4n) is 3.95. The van der Waals surface area contributed by atoms with Crippen molar-refractivity contribution in [2.24, 2.45) is 5.73 Å². The van der Waals surface area contributed by atoms with Crippen LogP contribution in [0.1, 0.15) is 36.3 Å². The molecule has 0 aromatic heterocycles. The first-order valence-corrected chi connectivity index (χ1v) is 10.2. The van der Waals surface area contributed by atoms with Crippen LogP contribution in [0.5, 0.6) is 0 Å². The summed E-state index contributed by atoms with van der Waals surface area (Å²) >= 11 is 0. The summed E-state index contributed by atoms with van der Waals surface area (Å²) in [5, 5.41) is 8.57. The Bertz CT molecular complexity index is 1050. The molecule has 1 aliphatic carbocycles. The Morgan fingerprint density at radius 3 is 2.31 bits per heavy atom. The number of hydrogen-bond acceptors (Lipinski definition) is 2. The largest absolute Gasteiger partial charge is 0.398 e. The topological polar surface area (TPSA) is 49.9 Å². The van der Waals surface area contributed by atoms with E-state index in [1.165, 1.54) is 5.56 Å². The van der Waals surface area contributed by atoms with E-state index in [1.807, 2.05) is 36.4 Å². The second-order valence-electron chi connectivity index (χ2n) is 7.56. The lowest BCUT2D eigenvalue weighted by atomic mass is 9.84. The lowest BCUT2D eigenvalue weighted by Crippen LogP contribution is -2.11. The van der Waals surface area contributed by atoms with Crippen molar-refractivity contribution in [3.63, 3.8) is 0 Å². The summed E-state index contributed by atoms with van der Waals surface area (Å²) in [6.07, 6.45) is 7.35. The molecule has 1 atom stereocenters. The molecule has 29 heavy (non-hydrogen) atoms. The molecule has 1 aliphatic rings. The third kappa shape index (κ3) is 4.55. The van der Waals surface area contributed by atoms with E-state index in [-0.39, 0.29) is 0 Å². The van der Waals surface area contributed by atoms with Crippen molar-refractivity contribution in [1.82, 2.24) is 0 Å². The Morgan fingerprint density at radius 1 is 0.862 bits per heavy atom. The maximum absolute atomic E-state index is 8.57. The van der Waals surface area contributed by atoms with Crippen molar-refractivity contribution in [3.8, 4) is 11.1 Å². The van der Waals surface area contributed by atoms with Gasteiger partial charge in [-0.2, -0.15) is 0 Å². The number of nitrogens with two attached hydrogens (primary N) is 1. The highest BCUT2D eigenvalue weighted by atomic mass is 14.6. The average molecular weight is 379 g/mol. The highest BCUT2D eigenvalue weighted by Gasteiger charge is 2.17. The van der Waals surface area contributed by atoms with Gasteiger partial charge in [-0.25, -0.2) is 0 Å². The van der Waals surface area contributed by atoms with Crippen LogP contribution in [0.3, 0.4) is 0 Å². The van der Waals surface area contributed by atoms with Gasteiger partial charge < -0.3 is 11.1 Å². The zero-order chi connectivity index (χ0) is 20.1. The lowest BCUT2D eigenvalue weighted by Gasteiger charge is -2.22. The smallest absolute Gasteiger partial charge is 0.0633 e. The van der Waals surface area contributed by atoms with E-state index in [2.05, 4.69) is 60.7 Å². The first kappa shape index (κ1) is 18.9. The molecule has 3 aromatic rings. The predicted octanol–water partition coefficient (Wildman–Crippen LogP) is 6.46. The summed E-state index contributed by atoms with van der Waals surface area (Å²) in [5.41, 5.74) is 13.2. The van der Waals surface area contributed by atoms with Crippen molar-refractivity contribution in [3.05, 3.63) is 119 Å². The van der Waals surface area contributed by atoms with Crippen LogP contribution in [0.15, 0.2) is 108 Å². The summed E-state index contributed by atoms with van der Waals surface area (Å²) in [5.74, 6) is 0.405. The molecule has 0 spiro atoms. The van der Waals surface area contributed by atoms with E-state index >= 15 is 0 Å². The van der Waals surface area contributed by atoms with Gasteiger partial charge in [0.25, 0.3) is 0 Å². The van der Waals surface area contributed by atoms with E-state index in [1.54, 1.807) is 0 Å². The molecule has 4 rings (SSSR count). The van der Waals surface area contributed by atoms with Gasteiger partial charge in [0.2, 0.25) is 0 Å². The Kier molecular flexibility index (Phi) is 5.71. The highest BCUT2D eigenvalue weighted by molar-refractivity contribution is 6.07. The standard InChI is InChI=1S/C27H26N2/c28-26(24-15-7-13-22(17-24)20-9-3-1-4-10-20)19-27(29)25-16-8-14-23(18-25)21-11-5-2-6-12-21/h1-7,9-13,15,17-19,23,28H,8,14,16,29H2/b27-19-,28-26?. The minimum absolute atomic E-state index is 0.405. The second-order valence-corrected chi connectivity index (χ2v) is 7.56. The normalized spacial score (nSPS) is 16.9. The van der Waals surface area contributed by atoms with Crippen LogP contribution >= 0.6 is 0 Å². The van der Waals surface area contributed by atoms with E-state index in [9.17, 15) is 0 Å². The van der Waals surface area contributed by atoms with Gasteiger partial charge in [0, 0.05) is 17.2 Å². The van der Waals surface area contributed by atoms with Crippen molar-refractivity contribution in [1.29, 1.82) is 5.41 Å². The summed E-state index contributed by atoms with van der Waals surface area (Å²) < 4.78 is 0. The van der Waals surface area contributed by atoms with Gasteiger partial charge in [-0.15, -0.1) is 0 Å². The quantitative estimate of drug-likeness (QED) is 0.492. The fraction of sp³-hybridized carbons (Fsp3) is 0.148. The molecule has 0 saturated heterocycles. The van der Waals surface area contributed by atoms with Gasteiger partial charge in [-0.1, -0.05) is 84.9 Å². The van der Waals surface area contributed by atoms with Gasteiger partial charge in [-0.05, 0) is 53.7 Å². The molecule has 0 amide bonds. The molecular weight excluding hydrogens is 352 g/mol. The molecule has 0 bridgehead atoms. The minimum atomic E-state index is 0.405. The molecule has 3 aromatic carbocycles. The van der Waals surface area contributed by atoms with Crippen LogP contribution in [-0.2, 0) is 0 Å². The van der Waals surface area contributed by atoms with Crippen LogP contribution in [0.25, 0.3) is 11.1 Å². The molecule has 0 heterocycles. The Morgan fingerprint density at radius 2 is 1.55 bits per heavy atom. The van der Waals surface area contributed by atoms with E-state index in [4.69, 9.17) is 11.1 Å². The summed E-state index contributed by atoms with van der Waals surface area (Å²) in [6.45, 7) is 0. The SMILES string of the molecule is N=C(/C=C(\N)C1=CC(c2ccccc2)CCC1)c1cccc(-c2ccccc2)c1. The van der Waals surface area contributed by atoms with E-state index in [0.717, 1.165) is 41.5 Å². The third-order valence-corrected chi connectivity index (χ3v) is 5.54. The molecule has 0 radical (unpaired) electrons. The maximum atomic E-state index is 8.57. The molecule has 1 unspecified atom stereocenters. The summed E-state index contributed by atoms with van der Waals surface area (Å²) in [6, 6.07) is 29.0. The number of nitrogens with one attached hydrogen (secondary N) is 1. The average Bonchev–Trinajstić information content (AvgIpc) is 2.80. The van der Waals surface area contributed by atoms with Crippen LogP contribution in [0.4, 0.5) is 0 Å². The first-order chi connectivity index (χ1) is 14.2. The number of benzene rings is 3. The second kappa shape index (κ2) is 8.74. The Hall–Kier alpha value is -3.39. The molecule has 2 heteroatoms. The van der Waals surface area contributed by atoms with Crippen LogP contribution in [-0.4, -0.2) is 5.71 Å². The number of allylic oxidation sites excluding steroid dienone is 3. The maximum Gasteiger partial charge on any atom is 0.0633 e. The van der Waals surface area contributed by atoms with Gasteiger partial charge in [0.15, 0.2) is 0 Å². The van der Waals surface area contributed by atoms with E-state index < -0.39 is 0 Å². The molecule has 0 aliphatic heterocycles. The monoisotopic (exact) mass is 378 g/mol. The molecule has 0 fully saturated rings. The zero-order valence-electron chi connectivity index (χ0n) is 16.5. The van der Waals surface area contributed by atoms with Crippen LogP contribution < -0.4 is 5.73 Å². The van der Waals surface area contributed by atoms with Crippen molar-refractivity contribution in [2.75, 3.05) is 0 Å². The van der Waals surface area contributed by atoms with Crippen molar-refractivity contribution >= 4 is 5.71 Å². The van der Waals surface area contributed by atoms with Crippen LogP contribution in [0, 0.1) is 5.41 Å². The predicted molar refractivity (Wildman–Crippen MR) is 122 cm³/mol. The first-order valence-electron chi connectivity index (χ1n) is 10.2. The van der Waals surface area contributed by atoms with Gasteiger partial charge in [0.05, 0.1) is 5.71 Å². The zero-order valence-corrected chi connectivity index (χ0v) is 16.5. The van der Waals surface area contributed by atoms with Crippen molar-refractivity contribution in [2.45, 2.75) is 25.2 Å². The summed E-state index contributed by atoms with van der Waals surface area (Å²) in [4.78, 5) is 0. The fourth-order valence-corrected chi connectivity index (χ4v) is 3.95. The van der Waals surface area contributed by atoms with Gasteiger partial charge >= 0.3 is 0 Å². The van der Waals surface area contributed by atoms with Gasteiger partial charge in [0.1, 0.15) is 0 Å².